The fraction of sp³-hybridized carbons (Fsp3) is 0.167. The lowest BCUT2D eigenvalue weighted by Crippen LogP contribution is -2.12. The normalized spacial score (nSPS) is 10.4. The number of aryl methyl sites for hydroxylation is 2. The topological polar surface area (TPSA) is 46.9 Å². The third-order valence-electron chi connectivity index (χ3n) is 2.44. The van der Waals surface area contributed by atoms with E-state index in [1.807, 2.05) is 0 Å². The molecule has 1 amide bonds. The van der Waals surface area contributed by atoms with Crippen LogP contribution < -0.4 is 5.32 Å². The summed E-state index contributed by atoms with van der Waals surface area (Å²) in [7, 11) is 1.75. The maximum Gasteiger partial charge on any atom is 0.259 e. The Morgan fingerprint density at radius 1 is 1.50 bits per heavy atom. The number of nitrogens with one attached hydrogen (secondary N) is 1. The second-order valence-corrected chi connectivity index (χ2v) is 4.74. The monoisotopic (exact) mass is 311 g/mol. The molecule has 0 fully saturated rings. The van der Waals surface area contributed by atoms with Gasteiger partial charge in [0.1, 0.15) is 5.82 Å². The van der Waals surface area contributed by atoms with Gasteiger partial charge in [0.25, 0.3) is 5.91 Å². The molecule has 0 radical (unpaired) electrons. The number of rotatable bonds is 2. The summed E-state index contributed by atoms with van der Waals surface area (Å²) in [5.74, 6) is -0.635. The second kappa shape index (κ2) is 4.89. The van der Waals surface area contributed by atoms with E-state index < -0.39 is 0 Å². The van der Waals surface area contributed by atoms with Crippen LogP contribution in [0.25, 0.3) is 0 Å². The molecule has 0 saturated carbocycles. The number of aromatic nitrogens is 2. The predicted octanol–water partition coefficient (Wildman–Crippen LogP) is 2.88. The zero-order valence-electron chi connectivity index (χ0n) is 9.87. The summed E-state index contributed by atoms with van der Waals surface area (Å²) in [4.78, 5) is 12.0. The van der Waals surface area contributed by atoms with E-state index >= 15 is 0 Å². The Morgan fingerprint density at radius 3 is 2.78 bits per heavy atom. The first-order chi connectivity index (χ1) is 8.47. The molecule has 0 unspecified atom stereocenters. The number of hydrogen-bond donors (Lipinski definition) is 1. The van der Waals surface area contributed by atoms with Crippen molar-refractivity contribution in [3.05, 3.63) is 45.9 Å². The molecule has 1 aromatic heterocycles. The van der Waals surface area contributed by atoms with Gasteiger partial charge in [0.15, 0.2) is 0 Å². The van der Waals surface area contributed by atoms with Gasteiger partial charge in [-0.3, -0.25) is 9.48 Å². The van der Waals surface area contributed by atoms with Crippen LogP contribution in [-0.2, 0) is 7.05 Å². The summed E-state index contributed by atoms with van der Waals surface area (Å²) < 4.78 is 14.9. The second-order valence-electron chi connectivity index (χ2n) is 3.88. The summed E-state index contributed by atoms with van der Waals surface area (Å²) >= 11 is 3.07. The van der Waals surface area contributed by atoms with Crippen molar-refractivity contribution >= 4 is 27.5 Å². The lowest BCUT2D eigenvalue weighted by Gasteiger charge is -2.05. The van der Waals surface area contributed by atoms with Gasteiger partial charge in [-0.05, 0) is 41.1 Å². The van der Waals surface area contributed by atoms with Gasteiger partial charge < -0.3 is 5.32 Å². The minimum atomic E-state index is -0.370. The van der Waals surface area contributed by atoms with Gasteiger partial charge in [0.2, 0.25) is 0 Å². The minimum Gasteiger partial charge on any atom is -0.322 e. The molecule has 2 rings (SSSR count). The zero-order chi connectivity index (χ0) is 13.3. The smallest absolute Gasteiger partial charge is 0.259 e. The summed E-state index contributed by atoms with van der Waals surface area (Å²) in [6.07, 6.45) is 1.64. The van der Waals surface area contributed by atoms with Crippen molar-refractivity contribution < 1.29 is 9.18 Å². The molecule has 0 aliphatic heterocycles. The van der Waals surface area contributed by atoms with Crippen molar-refractivity contribution in [2.24, 2.45) is 7.05 Å². The number of carbonyl (C=O) groups is 1. The van der Waals surface area contributed by atoms with E-state index in [0.717, 1.165) is 0 Å². The molecule has 2 aromatic rings. The van der Waals surface area contributed by atoms with Crippen molar-refractivity contribution in [1.29, 1.82) is 0 Å². The maximum absolute atomic E-state index is 13.1. The highest BCUT2D eigenvalue weighted by atomic mass is 79.9. The summed E-state index contributed by atoms with van der Waals surface area (Å²) in [5.41, 5.74) is 1.67. The van der Waals surface area contributed by atoms with Crippen LogP contribution in [0.5, 0.6) is 0 Å². The van der Waals surface area contributed by atoms with Gasteiger partial charge in [-0.1, -0.05) is 0 Å². The molecule has 0 saturated heterocycles. The SMILES string of the molecule is Cc1nn(C)cc1C(=O)Nc1ccc(F)c(Br)c1. The standard InChI is InChI=1S/C12H11BrFN3O/c1-7-9(6-17(2)16-7)12(18)15-8-3-4-11(14)10(13)5-8/h3-6H,1-2H3,(H,15,18). The Labute approximate surface area is 112 Å². The van der Waals surface area contributed by atoms with Crippen LogP contribution in [0.4, 0.5) is 10.1 Å². The Bertz CT molecular complexity index is 609. The van der Waals surface area contributed by atoms with E-state index in [-0.39, 0.29) is 11.7 Å². The fourth-order valence-corrected chi connectivity index (χ4v) is 1.97. The molecule has 6 heteroatoms. The number of nitrogens with zero attached hydrogens (tertiary/aromatic N) is 2. The predicted molar refractivity (Wildman–Crippen MR) is 70.0 cm³/mol. The largest absolute Gasteiger partial charge is 0.322 e. The lowest BCUT2D eigenvalue weighted by atomic mass is 10.2. The van der Waals surface area contributed by atoms with E-state index in [2.05, 4.69) is 26.3 Å². The van der Waals surface area contributed by atoms with Crippen LogP contribution in [0.3, 0.4) is 0 Å². The van der Waals surface area contributed by atoms with Crippen molar-refractivity contribution in [2.75, 3.05) is 5.32 Å². The molecule has 94 valence electrons. The number of anilines is 1. The highest BCUT2D eigenvalue weighted by Gasteiger charge is 2.13. The van der Waals surface area contributed by atoms with E-state index in [0.29, 0.717) is 21.4 Å². The average Bonchev–Trinajstić information content (AvgIpc) is 2.63. The van der Waals surface area contributed by atoms with Crippen molar-refractivity contribution in [3.63, 3.8) is 0 Å². The third kappa shape index (κ3) is 2.59. The molecule has 1 N–H and O–H groups in total. The molecule has 0 spiro atoms. The first kappa shape index (κ1) is 12.8. The van der Waals surface area contributed by atoms with Gasteiger partial charge in [0.05, 0.1) is 15.7 Å². The third-order valence-corrected chi connectivity index (χ3v) is 3.04. The number of carbonyl (C=O) groups excluding carboxylic acids is 1. The highest BCUT2D eigenvalue weighted by molar-refractivity contribution is 9.10. The van der Waals surface area contributed by atoms with Crippen LogP contribution in [0, 0.1) is 12.7 Å². The van der Waals surface area contributed by atoms with Gasteiger partial charge in [-0.2, -0.15) is 5.10 Å². The van der Waals surface area contributed by atoms with Crippen LogP contribution >= 0.6 is 15.9 Å². The average molecular weight is 312 g/mol. The number of halogens is 2. The van der Waals surface area contributed by atoms with Crippen LogP contribution in [0.1, 0.15) is 16.1 Å². The Kier molecular flexibility index (Phi) is 3.47. The van der Waals surface area contributed by atoms with E-state index in [4.69, 9.17) is 0 Å². The quantitative estimate of drug-likeness (QED) is 0.927. The Balaban J connectivity index is 2.21. The molecular weight excluding hydrogens is 301 g/mol. The molecule has 18 heavy (non-hydrogen) atoms. The van der Waals surface area contributed by atoms with Crippen molar-refractivity contribution in [2.45, 2.75) is 6.92 Å². The minimum absolute atomic E-state index is 0.265. The molecule has 0 aliphatic rings. The molecule has 4 nitrogen and oxygen atoms in total. The molecular formula is C12H11BrFN3O. The van der Waals surface area contributed by atoms with Crippen LogP contribution in [0.2, 0.25) is 0 Å². The van der Waals surface area contributed by atoms with E-state index in [9.17, 15) is 9.18 Å². The van der Waals surface area contributed by atoms with Gasteiger partial charge in [-0.25, -0.2) is 4.39 Å². The first-order valence-electron chi connectivity index (χ1n) is 5.24. The molecule has 0 atom stereocenters. The summed E-state index contributed by atoms with van der Waals surface area (Å²) in [6.45, 7) is 1.76. The van der Waals surface area contributed by atoms with Crippen molar-refractivity contribution in [1.82, 2.24) is 9.78 Å². The molecule has 1 aromatic carbocycles. The van der Waals surface area contributed by atoms with Crippen LogP contribution in [-0.4, -0.2) is 15.7 Å². The Hall–Kier alpha value is -1.69. The number of amides is 1. The summed E-state index contributed by atoms with van der Waals surface area (Å²) in [5, 5.41) is 6.78. The number of hydrogen-bond acceptors (Lipinski definition) is 2. The lowest BCUT2D eigenvalue weighted by molar-refractivity contribution is 0.102. The molecule has 1 heterocycles. The molecule has 0 bridgehead atoms. The van der Waals surface area contributed by atoms with Gasteiger partial charge >= 0.3 is 0 Å². The number of benzene rings is 1. The fourth-order valence-electron chi connectivity index (χ4n) is 1.59. The van der Waals surface area contributed by atoms with E-state index in [1.165, 1.54) is 18.2 Å². The van der Waals surface area contributed by atoms with Gasteiger partial charge in [0, 0.05) is 18.9 Å². The Morgan fingerprint density at radius 2 is 2.22 bits per heavy atom. The van der Waals surface area contributed by atoms with E-state index in [1.54, 1.807) is 24.9 Å². The highest BCUT2D eigenvalue weighted by Crippen LogP contribution is 2.20. The van der Waals surface area contributed by atoms with Gasteiger partial charge in [-0.15, -0.1) is 0 Å². The summed E-state index contributed by atoms with van der Waals surface area (Å²) in [6, 6.07) is 4.30. The first-order valence-corrected chi connectivity index (χ1v) is 6.03. The zero-order valence-corrected chi connectivity index (χ0v) is 11.5. The van der Waals surface area contributed by atoms with Crippen LogP contribution in [0.15, 0.2) is 28.9 Å². The maximum atomic E-state index is 13.1. The molecule has 0 aliphatic carbocycles. The van der Waals surface area contributed by atoms with Crippen molar-refractivity contribution in [3.8, 4) is 0 Å².